The van der Waals surface area contributed by atoms with Crippen LogP contribution < -0.4 is 4.74 Å². The smallest absolute Gasteiger partial charge is 0.253 e. The van der Waals surface area contributed by atoms with Crippen LogP contribution in [0.1, 0.15) is 74.2 Å². The first-order valence-corrected chi connectivity index (χ1v) is 11.0. The summed E-state index contributed by atoms with van der Waals surface area (Å²) in [6.07, 6.45) is 8.97. The van der Waals surface area contributed by atoms with Gasteiger partial charge in [-0.1, -0.05) is 25.7 Å². The summed E-state index contributed by atoms with van der Waals surface area (Å²) in [5.41, 5.74) is 1.65. The number of likely N-dealkylation sites (tertiary alicyclic amines) is 1. The van der Waals surface area contributed by atoms with E-state index in [1.807, 2.05) is 28.0 Å². The van der Waals surface area contributed by atoms with Crippen molar-refractivity contribution in [1.29, 1.82) is 0 Å². The van der Waals surface area contributed by atoms with E-state index in [-0.39, 0.29) is 17.9 Å². The second kappa shape index (κ2) is 8.54. The largest absolute Gasteiger partial charge is 0.491 e. The minimum atomic E-state index is 0.0428. The van der Waals surface area contributed by atoms with Crippen LogP contribution in [-0.4, -0.2) is 47.4 Å². The number of benzene rings is 1. The molecule has 1 atom stereocenters. The van der Waals surface area contributed by atoms with E-state index >= 15 is 0 Å². The van der Waals surface area contributed by atoms with E-state index in [1.165, 1.54) is 25.7 Å². The van der Waals surface area contributed by atoms with Crippen LogP contribution in [0, 0.1) is 5.92 Å². The SMILES string of the molecule is C[C@H]1COc2ccc(C(=O)N3CCCC3)cc2CN1C(=O)CCC1CCCC1. The van der Waals surface area contributed by atoms with Crippen molar-refractivity contribution in [1.82, 2.24) is 9.80 Å². The predicted molar refractivity (Wildman–Crippen MR) is 108 cm³/mol. The summed E-state index contributed by atoms with van der Waals surface area (Å²) in [5.74, 6) is 1.83. The lowest BCUT2D eigenvalue weighted by Gasteiger charge is -2.27. The van der Waals surface area contributed by atoms with Crippen molar-refractivity contribution in [2.24, 2.45) is 5.92 Å². The van der Waals surface area contributed by atoms with E-state index in [0.29, 0.717) is 25.1 Å². The van der Waals surface area contributed by atoms with Gasteiger partial charge in [0, 0.05) is 37.2 Å². The van der Waals surface area contributed by atoms with E-state index in [1.54, 1.807) is 0 Å². The van der Waals surface area contributed by atoms with Gasteiger partial charge >= 0.3 is 0 Å². The van der Waals surface area contributed by atoms with Crippen molar-refractivity contribution in [3.05, 3.63) is 29.3 Å². The minimum absolute atomic E-state index is 0.0428. The zero-order valence-corrected chi connectivity index (χ0v) is 17.0. The lowest BCUT2D eigenvalue weighted by atomic mass is 10.0. The molecule has 0 N–H and O–H groups in total. The number of carbonyl (C=O) groups excluding carboxylic acids is 2. The molecule has 0 aromatic heterocycles. The molecule has 5 nitrogen and oxygen atoms in total. The molecule has 4 rings (SSSR count). The molecule has 1 aromatic rings. The highest BCUT2D eigenvalue weighted by atomic mass is 16.5. The molecule has 5 heteroatoms. The summed E-state index contributed by atoms with van der Waals surface area (Å²) in [4.78, 5) is 29.6. The van der Waals surface area contributed by atoms with Gasteiger partial charge in [0.2, 0.25) is 5.91 Å². The normalized spacial score (nSPS) is 22.7. The summed E-state index contributed by atoms with van der Waals surface area (Å²) in [7, 11) is 0. The van der Waals surface area contributed by atoms with Gasteiger partial charge in [-0.15, -0.1) is 0 Å². The maximum Gasteiger partial charge on any atom is 0.253 e. The summed E-state index contributed by atoms with van der Waals surface area (Å²) < 4.78 is 5.96. The van der Waals surface area contributed by atoms with Crippen LogP contribution in [0.4, 0.5) is 0 Å². The van der Waals surface area contributed by atoms with Crippen LogP contribution >= 0.6 is 0 Å². The predicted octanol–water partition coefficient (Wildman–Crippen LogP) is 4.00. The van der Waals surface area contributed by atoms with Gasteiger partial charge in [0.1, 0.15) is 12.4 Å². The highest BCUT2D eigenvalue weighted by Gasteiger charge is 2.28. The first-order chi connectivity index (χ1) is 13.6. The maximum atomic E-state index is 13.0. The molecule has 2 fully saturated rings. The fourth-order valence-corrected chi connectivity index (χ4v) is 4.82. The molecule has 2 heterocycles. The number of hydrogen-bond donors (Lipinski definition) is 0. The number of amides is 2. The van der Waals surface area contributed by atoms with Gasteiger partial charge in [0.25, 0.3) is 5.91 Å². The van der Waals surface area contributed by atoms with Gasteiger partial charge < -0.3 is 14.5 Å². The van der Waals surface area contributed by atoms with E-state index < -0.39 is 0 Å². The lowest BCUT2D eigenvalue weighted by molar-refractivity contribution is -0.134. The zero-order chi connectivity index (χ0) is 19.5. The fourth-order valence-electron chi connectivity index (χ4n) is 4.82. The Kier molecular flexibility index (Phi) is 5.88. The molecular formula is C23H32N2O3. The van der Waals surface area contributed by atoms with E-state index in [2.05, 4.69) is 6.92 Å². The van der Waals surface area contributed by atoms with E-state index in [9.17, 15) is 9.59 Å². The van der Waals surface area contributed by atoms with Gasteiger partial charge in [-0.05, 0) is 50.3 Å². The summed E-state index contributed by atoms with van der Waals surface area (Å²) >= 11 is 0. The highest BCUT2D eigenvalue weighted by molar-refractivity contribution is 5.94. The highest BCUT2D eigenvalue weighted by Crippen LogP contribution is 2.31. The van der Waals surface area contributed by atoms with Crippen molar-refractivity contribution in [2.45, 2.75) is 70.9 Å². The third kappa shape index (κ3) is 4.18. The molecule has 152 valence electrons. The quantitative estimate of drug-likeness (QED) is 0.788. The topological polar surface area (TPSA) is 49.9 Å². The Hall–Kier alpha value is -2.04. The monoisotopic (exact) mass is 384 g/mol. The van der Waals surface area contributed by atoms with Crippen molar-refractivity contribution in [3.63, 3.8) is 0 Å². The Bertz CT molecular complexity index is 721. The van der Waals surface area contributed by atoms with Gasteiger partial charge in [0.15, 0.2) is 0 Å². The van der Waals surface area contributed by atoms with Crippen molar-refractivity contribution < 1.29 is 14.3 Å². The Labute approximate surface area is 168 Å². The third-order valence-electron chi connectivity index (χ3n) is 6.62. The van der Waals surface area contributed by atoms with Gasteiger partial charge in [0.05, 0.1) is 6.04 Å². The van der Waals surface area contributed by atoms with E-state index in [0.717, 1.165) is 49.6 Å². The minimum Gasteiger partial charge on any atom is -0.491 e. The summed E-state index contributed by atoms with van der Waals surface area (Å²) in [5, 5.41) is 0. The average molecular weight is 385 g/mol. The van der Waals surface area contributed by atoms with Crippen LogP contribution in [0.25, 0.3) is 0 Å². The Morgan fingerprint density at radius 1 is 1.11 bits per heavy atom. The Morgan fingerprint density at radius 2 is 1.86 bits per heavy atom. The summed E-state index contributed by atoms with van der Waals surface area (Å²) in [6, 6.07) is 5.74. The maximum absolute atomic E-state index is 13.0. The second-order valence-electron chi connectivity index (χ2n) is 8.69. The molecule has 1 saturated carbocycles. The van der Waals surface area contributed by atoms with Crippen molar-refractivity contribution in [3.8, 4) is 5.75 Å². The Morgan fingerprint density at radius 3 is 2.61 bits per heavy atom. The van der Waals surface area contributed by atoms with Crippen molar-refractivity contribution >= 4 is 11.8 Å². The molecule has 2 amide bonds. The van der Waals surface area contributed by atoms with Gasteiger partial charge in [-0.3, -0.25) is 9.59 Å². The molecule has 3 aliphatic rings. The Balaban J connectivity index is 1.46. The first kappa shape index (κ1) is 19.3. The molecule has 1 saturated heterocycles. The first-order valence-electron chi connectivity index (χ1n) is 11.0. The molecule has 0 radical (unpaired) electrons. The van der Waals surface area contributed by atoms with Crippen LogP contribution in [-0.2, 0) is 11.3 Å². The standard InChI is InChI=1S/C23H32N2O3/c1-17-16-28-21-10-9-19(23(27)24-12-4-5-13-24)14-20(21)15-25(17)22(26)11-8-18-6-2-3-7-18/h9-10,14,17-18H,2-8,11-13,15-16H2,1H3/t17-/m0/s1. The van der Waals surface area contributed by atoms with Crippen molar-refractivity contribution in [2.75, 3.05) is 19.7 Å². The van der Waals surface area contributed by atoms with Crippen LogP contribution in [0.15, 0.2) is 18.2 Å². The van der Waals surface area contributed by atoms with Gasteiger partial charge in [-0.2, -0.15) is 0 Å². The number of ether oxygens (including phenoxy) is 1. The molecule has 0 bridgehead atoms. The number of nitrogens with zero attached hydrogens (tertiary/aromatic N) is 2. The number of fused-ring (bicyclic) bond motifs is 1. The van der Waals surface area contributed by atoms with E-state index in [4.69, 9.17) is 4.74 Å². The zero-order valence-electron chi connectivity index (χ0n) is 17.0. The molecule has 1 aromatic carbocycles. The number of hydrogen-bond acceptors (Lipinski definition) is 3. The third-order valence-corrected chi connectivity index (χ3v) is 6.62. The molecule has 0 unspecified atom stereocenters. The molecule has 0 spiro atoms. The van der Waals surface area contributed by atoms with Crippen LogP contribution in [0.2, 0.25) is 0 Å². The lowest BCUT2D eigenvalue weighted by Crippen LogP contribution is -2.39. The number of carbonyl (C=O) groups is 2. The molecule has 2 aliphatic heterocycles. The molecule has 1 aliphatic carbocycles. The molecular weight excluding hydrogens is 352 g/mol. The average Bonchev–Trinajstić information content (AvgIpc) is 3.39. The fraction of sp³-hybridized carbons (Fsp3) is 0.652. The molecule has 28 heavy (non-hydrogen) atoms. The second-order valence-corrected chi connectivity index (χ2v) is 8.69. The van der Waals surface area contributed by atoms with Crippen LogP contribution in [0.5, 0.6) is 5.75 Å². The number of rotatable bonds is 4. The van der Waals surface area contributed by atoms with Crippen LogP contribution in [0.3, 0.4) is 0 Å². The van der Waals surface area contributed by atoms with Gasteiger partial charge in [-0.25, -0.2) is 0 Å². The summed E-state index contributed by atoms with van der Waals surface area (Å²) in [6.45, 7) is 4.77.